The van der Waals surface area contributed by atoms with Crippen LogP contribution >= 0.6 is 11.8 Å². The first kappa shape index (κ1) is 12.8. The number of hydrogen-bond donors (Lipinski definition) is 1. The molecule has 0 radical (unpaired) electrons. The minimum atomic E-state index is 0.00399. The summed E-state index contributed by atoms with van der Waals surface area (Å²) in [6, 6.07) is 0.322. The number of carbonyl (C=O) groups excluding carboxylic acids is 1. The molecule has 3 unspecified atom stereocenters. The monoisotopic (exact) mass is 230 g/mol. The van der Waals surface area contributed by atoms with Gasteiger partial charge in [0.2, 0.25) is 5.91 Å². The van der Waals surface area contributed by atoms with Crippen LogP contribution in [0.1, 0.15) is 27.7 Å². The molecule has 0 aromatic rings. The number of nitrogens with one attached hydrogen (secondary N) is 1. The second-order valence-corrected chi connectivity index (χ2v) is 5.52. The van der Waals surface area contributed by atoms with E-state index in [1.54, 1.807) is 11.8 Å². The number of hydrogen-bond acceptors (Lipinski definition) is 3. The average Bonchev–Trinajstić information content (AvgIpc) is 2.42. The van der Waals surface area contributed by atoms with Crippen molar-refractivity contribution in [2.75, 3.05) is 12.0 Å². The summed E-state index contributed by atoms with van der Waals surface area (Å²) in [7, 11) is 0. The summed E-state index contributed by atoms with van der Waals surface area (Å²) in [5.74, 6) is 1.63. The van der Waals surface area contributed by atoms with Crippen LogP contribution in [0.5, 0.6) is 0 Å². The molecule has 88 valence electrons. The Kier molecular flexibility index (Phi) is 4.46. The molecule has 0 spiro atoms. The second-order valence-electron chi connectivity index (χ2n) is 4.61. The van der Waals surface area contributed by atoms with E-state index in [-0.39, 0.29) is 18.1 Å². The smallest absolute Gasteiger partial charge is 0.241 e. The minimum absolute atomic E-state index is 0.00399. The van der Waals surface area contributed by atoms with Crippen molar-refractivity contribution in [3.05, 3.63) is 0 Å². The third kappa shape index (κ3) is 2.67. The molecule has 1 rings (SSSR count). The molecule has 4 heteroatoms. The maximum absolute atomic E-state index is 12.1. The fourth-order valence-electron chi connectivity index (χ4n) is 2.16. The van der Waals surface area contributed by atoms with Gasteiger partial charge < -0.3 is 4.90 Å². The molecule has 3 nitrogen and oxygen atoms in total. The number of nitrogens with zero attached hydrogens (tertiary/aromatic N) is 1. The third-order valence-corrected chi connectivity index (χ3v) is 3.72. The Morgan fingerprint density at radius 2 is 2.07 bits per heavy atom. The van der Waals surface area contributed by atoms with E-state index < -0.39 is 0 Å². The summed E-state index contributed by atoms with van der Waals surface area (Å²) in [6.07, 6.45) is 2.25. The topological polar surface area (TPSA) is 32.3 Å². The van der Waals surface area contributed by atoms with Crippen LogP contribution in [-0.4, -0.2) is 41.1 Å². The lowest BCUT2D eigenvalue weighted by molar-refractivity contribution is -0.132. The molecule has 0 aromatic carbocycles. The molecule has 1 heterocycles. The van der Waals surface area contributed by atoms with E-state index in [1.165, 1.54) is 0 Å². The van der Waals surface area contributed by atoms with Crippen molar-refractivity contribution in [2.45, 2.75) is 45.9 Å². The van der Waals surface area contributed by atoms with Crippen LogP contribution in [0.15, 0.2) is 0 Å². The van der Waals surface area contributed by atoms with E-state index in [4.69, 9.17) is 0 Å². The zero-order valence-electron chi connectivity index (χ0n) is 10.3. The van der Waals surface area contributed by atoms with Gasteiger partial charge in [0, 0.05) is 11.8 Å². The Bertz CT molecular complexity index is 233. The fourth-order valence-corrected chi connectivity index (χ4v) is 2.80. The predicted octanol–water partition coefficient (Wildman–Crippen LogP) is 1.54. The van der Waals surface area contributed by atoms with Crippen LogP contribution < -0.4 is 5.32 Å². The molecule has 1 N–H and O–H groups in total. The van der Waals surface area contributed by atoms with Gasteiger partial charge in [-0.1, -0.05) is 13.8 Å². The van der Waals surface area contributed by atoms with Crippen molar-refractivity contribution in [3.63, 3.8) is 0 Å². The number of carbonyl (C=O) groups is 1. The molecule has 1 fully saturated rings. The molecule has 0 saturated carbocycles. The average molecular weight is 230 g/mol. The summed E-state index contributed by atoms with van der Waals surface area (Å²) >= 11 is 1.79. The van der Waals surface area contributed by atoms with Crippen molar-refractivity contribution in [1.29, 1.82) is 0 Å². The highest BCUT2D eigenvalue weighted by molar-refractivity contribution is 7.98. The number of thioether (sulfide) groups is 1. The first-order valence-corrected chi connectivity index (χ1v) is 6.95. The quantitative estimate of drug-likeness (QED) is 0.795. The van der Waals surface area contributed by atoms with Crippen LogP contribution in [0.3, 0.4) is 0 Å². The molecular weight excluding hydrogens is 208 g/mol. The maximum atomic E-state index is 12.1. The van der Waals surface area contributed by atoms with Crippen LogP contribution in [0, 0.1) is 5.92 Å². The van der Waals surface area contributed by atoms with E-state index >= 15 is 0 Å². The highest BCUT2D eigenvalue weighted by Gasteiger charge is 2.39. The van der Waals surface area contributed by atoms with Gasteiger partial charge in [-0.25, -0.2) is 0 Å². The zero-order chi connectivity index (χ0) is 11.6. The Hall–Kier alpha value is -0.220. The van der Waals surface area contributed by atoms with Gasteiger partial charge in [-0.15, -0.1) is 0 Å². The maximum Gasteiger partial charge on any atom is 0.241 e. The van der Waals surface area contributed by atoms with Crippen LogP contribution in [-0.2, 0) is 4.79 Å². The molecule has 0 aliphatic carbocycles. The molecular formula is C11H22N2OS. The second kappa shape index (κ2) is 5.21. The standard InChI is InChI=1S/C11H22N2OS/c1-7(2)10-11(14)13(9(4)12-10)8(3)6-15-5/h7-10,12H,6H2,1-5H3. The van der Waals surface area contributed by atoms with Crippen molar-refractivity contribution in [2.24, 2.45) is 5.92 Å². The number of amides is 1. The number of rotatable bonds is 4. The third-order valence-electron chi connectivity index (χ3n) is 2.91. The summed E-state index contributed by atoms with van der Waals surface area (Å²) in [5.41, 5.74) is 0. The van der Waals surface area contributed by atoms with E-state index in [9.17, 15) is 4.79 Å². The first-order chi connectivity index (χ1) is 6.99. The van der Waals surface area contributed by atoms with Gasteiger partial charge in [0.25, 0.3) is 0 Å². The summed E-state index contributed by atoms with van der Waals surface area (Å²) in [4.78, 5) is 14.1. The van der Waals surface area contributed by atoms with Crippen molar-refractivity contribution >= 4 is 17.7 Å². The molecule has 0 bridgehead atoms. The summed E-state index contributed by atoms with van der Waals surface area (Å²) in [6.45, 7) is 8.36. The van der Waals surface area contributed by atoms with E-state index in [2.05, 4.69) is 39.3 Å². The molecule has 1 saturated heterocycles. The van der Waals surface area contributed by atoms with Crippen molar-refractivity contribution in [3.8, 4) is 0 Å². The molecule has 1 aliphatic rings. The van der Waals surface area contributed by atoms with Gasteiger partial charge >= 0.3 is 0 Å². The lowest BCUT2D eigenvalue weighted by Gasteiger charge is -2.27. The highest BCUT2D eigenvalue weighted by Crippen LogP contribution is 2.20. The van der Waals surface area contributed by atoms with Gasteiger partial charge in [0.1, 0.15) is 0 Å². The molecule has 15 heavy (non-hydrogen) atoms. The van der Waals surface area contributed by atoms with E-state index in [0.29, 0.717) is 12.0 Å². The first-order valence-electron chi connectivity index (χ1n) is 5.56. The van der Waals surface area contributed by atoms with Crippen LogP contribution in [0.4, 0.5) is 0 Å². The Morgan fingerprint density at radius 1 is 1.47 bits per heavy atom. The van der Waals surface area contributed by atoms with Crippen LogP contribution in [0.25, 0.3) is 0 Å². The fraction of sp³-hybridized carbons (Fsp3) is 0.909. The lowest BCUT2D eigenvalue weighted by atomic mass is 10.0. The Balaban J connectivity index is 2.70. The molecule has 3 atom stereocenters. The van der Waals surface area contributed by atoms with E-state index in [0.717, 1.165) is 5.75 Å². The predicted molar refractivity (Wildman–Crippen MR) is 65.9 cm³/mol. The van der Waals surface area contributed by atoms with Gasteiger partial charge in [-0.2, -0.15) is 11.8 Å². The molecule has 0 aromatic heterocycles. The van der Waals surface area contributed by atoms with Crippen molar-refractivity contribution < 1.29 is 4.79 Å². The Morgan fingerprint density at radius 3 is 2.47 bits per heavy atom. The highest BCUT2D eigenvalue weighted by atomic mass is 32.2. The molecule has 1 aliphatic heterocycles. The van der Waals surface area contributed by atoms with Crippen molar-refractivity contribution in [1.82, 2.24) is 10.2 Å². The van der Waals surface area contributed by atoms with Crippen LogP contribution in [0.2, 0.25) is 0 Å². The van der Waals surface area contributed by atoms with Gasteiger partial charge in [-0.05, 0) is 26.0 Å². The largest absolute Gasteiger partial charge is 0.323 e. The lowest BCUT2D eigenvalue weighted by Crippen LogP contribution is -2.42. The minimum Gasteiger partial charge on any atom is -0.323 e. The van der Waals surface area contributed by atoms with Gasteiger partial charge in [-0.3, -0.25) is 10.1 Å². The van der Waals surface area contributed by atoms with Gasteiger partial charge in [0.05, 0.1) is 12.2 Å². The zero-order valence-corrected chi connectivity index (χ0v) is 11.1. The summed E-state index contributed by atoms with van der Waals surface area (Å²) < 4.78 is 0. The SMILES string of the molecule is CSCC(C)N1C(=O)C(C(C)C)NC1C. The van der Waals surface area contributed by atoms with Gasteiger partial charge in [0.15, 0.2) is 0 Å². The van der Waals surface area contributed by atoms with E-state index in [1.807, 2.05) is 4.90 Å². The summed E-state index contributed by atoms with van der Waals surface area (Å²) in [5, 5.41) is 3.36. The molecule has 1 amide bonds. The Labute approximate surface area is 97.0 Å². The normalized spacial score (nSPS) is 28.9.